The van der Waals surface area contributed by atoms with Gasteiger partial charge in [0.2, 0.25) is 0 Å². The second kappa shape index (κ2) is 7.09. The minimum atomic E-state index is 0.0239. The Morgan fingerprint density at radius 1 is 1.21 bits per heavy atom. The van der Waals surface area contributed by atoms with Crippen molar-refractivity contribution in [1.82, 2.24) is 20.0 Å². The van der Waals surface area contributed by atoms with Crippen LogP contribution in [0.3, 0.4) is 0 Å². The molecule has 1 aliphatic heterocycles. The van der Waals surface area contributed by atoms with Crippen molar-refractivity contribution < 1.29 is 14.1 Å². The van der Waals surface area contributed by atoms with E-state index in [0.717, 1.165) is 16.7 Å². The number of aromatic amines is 1. The molecule has 5 rings (SSSR count). The first-order chi connectivity index (χ1) is 14.2. The molecule has 146 valence electrons. The van der Waals surface area contributed by atoms with Crippen molar-refractivity contribution >= 4 is 16.8 Å². The van der Waals surface area contributed by atoms with Crippen molar-refractivity contribution in [3.8, 4) is 5.75 Å². The summed E-state index contributed by atoms with van der Waals surface area (Å²) in [5.41, 5.74) is 2.89. The van der Waals surface area contributed by atoms with E-state index < -0.39 is 0 Å². The molecule has 0 atom stereocenters. The van der Waals surface area contributed by atoms with Crippen LogP contribution < -0.4 is 4.74 Å². The molecule has 7 heteroatoms. The Labute approximate surface area is 167 Å². The summed E-state index contributed by atoms with van der Waals surface area (Å²) >= 11 is 0. The highest BCUT2D eigenvalue weighted by Gasteiger charge is 2.35. The van der Waals surface area contributed by atoms with Gasteiger partial charge in [-0.25, -0.2) is 0 Å². The van der Waals surface area contributed by atoms with Crippen LogP contribution in [0.4, 0.5) is 0 Å². The van der Waals surface area contributed by atoms with E-state index in [-0.39, 0.29) is 18.4 Å². The molecular formula is C22H20N4O3. The van der Waals surface area contributed by atoms with E-state index in [1.807, 2.05) is 61.7 Å². The van der Waals surface area contributed by atoms with Crippen LogP contribution in [0, 0.1) is 6.92 Å². The van der Waals surface area contributed by atoms with Crippen LogP contribution in [-0.4, -0.2) is 39.0 Å². The number of hydrogen-bond acceptors (Lipinski definition) is 5. The van der Waals surface area contributed by atoms with Crippen molar-refractivity contribution in [2.24, 2.45) is 0 Å². The molecule has 4 aromatic rings. The number of aryl methyl sites for hydroxylation is 1. The Bertz CT molecular complexity index is 1160. The standard InChI is InChI=1S/C22H20N4O3/c1-14-2-5-18(6-3-14)28-13-20-24-21(25-29-20)17-11-26(12-17)22(27)16-4-7-19-15(10-16)8-9-23-19/h2-10,17,23H,11-13H2,1H3. The van der Waals surface area contributed by atoms with Gasteiger partial charge in [-0.15, -0.1) is 0 Å². The second-order valence-electron chi connectivity index (χ2n) is 7.33. The molecule has 29 heavy (non-hydrogen) atoms. The number of likely N-dealkylation sites (tertiary alicyclic amines) is 1. The number of nitrogens with zero attached hydrogens (tertiary/aromatic N) is 3. The fourth-order valence-electron chi connectivity index (χ4n) is 3.45. The summed E-state index contributed by atoms with van der Waals surface area (Å²) < 4.78 is 11.0. The Morgan fingerprint density at radius 2 is 2.03 bits per heavy atom. The lowest BCUT2D eigenvalue weighted by atomic mass is 9.98. The van der Waals surface area contributed by atoms with Gasteiger partial charge in [0.1, 0.15) is 5.75 Å². The minimum Gasteiger partial charge on any atom is -0.484 e. The number of carbonyl (C=O) groups is 1. The predicted octanol–water partition coefficient (Wildman–Crippen LogP) is 3.68. The first-order valence-electron chi connectivity index (χ1n) is 9.54. The number of nitrogens with one attached hydrogen (secondary N) is 1. The van der Waals surface area contributed by atoms with Crippen molar-refractivity contribution in [2.75, 3.05) is 13.1 Å². The Balaban J connectivity index is 1.17. The maximum atomic E-state index is 12.7. The number of ether oxygens (including phenoxy) is 1. The van der Waals surface area contributed by atoms with Gasteiger partial charge in [0, 0.05) is 35.8 Å². The number of fused-ring (bicyclic) bond motifs is 1. The number of H-pyrrole nitrogens is 1. The highest BCUT2D eigenvalue weighted by atomic mass is 16.5. The quantitative estimate of drug-likeness (QED) is 0.564. The van der Waals surface area contributed by atoms with E-state index in [2.05, 4.69) is 15.1 Å². The first kappa shape index (κ1) is 17.5. The number of hydrogen-bond donors (Lipinski definition) is 1. The Kier molecular flexibility index (Phi) is 4.27. The van der Waals surface area contributed by atoms with Crippen LogP contribution in [0.25, 0.3) is 10.9 Å². The molecule has 1 aliphatic rings. The largest absolute Gasteiger partial charge is 0.484 e. The zero-order chi connectivity index (χ0) is 19.8. The maximum absolute atomic E-state index is 12.7. The smallest absolute Gasteiger partial charge is 0.264 e. The van der Waals surface area contributed by atoms with Crippen LogP contribution in [0.5, 0.6) is 5.75 Å². The van der Waals surface area contributed by atoms with Gasteiger partial charge in [0.05, 0.1) is 5.92 Å². The third-order valence-corrected chi connectivity index (χ3v) is 5.20. The van der Waals surface area contributed by atoms with Crippen molar-refractivity contribution in [1.29, 1.82) is 0 Å². The lowest BCUT2D eigenvalue weighted by molar-refractivity contribution is 0.0592. The normalized spacial score (nSPS) is 14.2. The molecule has 0 bridgehead atoms. The third kappa shape index (κ3) is 3.47. The zero-order valence-corrected chi connectivity index (χ0v) is 16.0. The van der Waals surface area contributed by atoms with E-state index in [9.17, 15) is 4.79 Å². The van der Waals surface area contributed by atoms with E-state index >= 15 is 0 Å². The molecule has 7 nitrogen and oxygen atoms in total. The highest BCUT2D eigenvalue weighted by molar-refractivity contribution is 5.98. The summed E-state index contributed by atoms with van der Waals surface area (Å²) in [4.78, 5) is 22.0. The minimum absolute atomic E-state index is 0.0239. The maximum Gasteiger partial charge on any atom is 0.264 e. The Morgan fingerprint density at radius 3 is 2.86 bits per heavy atom. The van der Waals surface area contributed by atoms with Crippen molar-refractivity contribution in [2.45, 2.75) is 19.4 Å². The molecule has 2 aromatic heterocycles. The van der Waals surface area contributed by atoms with Crippen LogP contribution >= 0.6 is 0 Å². The number of aromatic nitrogens is 3. The fraction of sp³-hybridized carbons (Fsp3) is 0.227. The van der Waals surface area contributed by atoms with Gasteiger partial charge >= 0.3 is 0 Å². The lowest BCUT2D eigenvalue weighted by Crippen LogP contribution is -2.48. The van der Waals surface area contributed by atoms with Crippen molar-refractivity contribution in [3.05, 3.63) is 77.6 Å². The van der Waals surface area contributed by atoms with Gasteiger partial charge in [-0.2, -0.15) is 4.98 Å². The molecular weight excluding hydrogens is 368 g/mol. The molecule has 1 amide bonds. The molecule has 1 N–H and O–H groups in total. The number of carbonyl (C=O) groups excluding carboxylic acids is 1. The van der Waals surface area contributed by atoms with Gasteiger partial charge in [-0.05, 0) is 43.3 Å². The van der Waals surface area contributed by atoms with Crippen LogP contribution in [0.2, 0.25) is 0 Å². The number of amides is 1. The van der Waals surface area contributed by atoms with E-state index in [1.54, 1.807) is 4.90 Å². The molecule has 1 fully saturated rings. The van der Waals surface area contributed by atoms with Crippen LogP contribution in [0.15, 0.2) is 59.3 Å². The van der Waals surface area contributed by atoms with E-state index in [1.165, 1.54) is 5.56 Å². The fourth-order valence-corrected chi connectivity index (χ4v) is 3.45. The second-order valence-corrected chi connectivity index (χ2v) is 7.33. The van der Waals surface area contributed by atoms with E-state index in [0.29, 0.717) is 30.4 Å². The van der Waals surface area contributed by atoms with E-state index in [4.69, 9.17) is 9.26 Å². The van der Waals surface area contributed by atoms with Crippen molar-refractivity contribution in [3.63, 3.8) is 0 Å². The topological polar surface area (TPSA) is 84.2 Å². The molecule has 0 spiro atoms. The van der Waals surface area contributed by atoms with Gasteiger partial charge in [-0.1, -0.05) is 22.9 Å². The monoisotopic (exact) mass is 388 g/mol. The molecule has 3 heterocycles. The zero-order valence-electron chi connectivity index (χ0n) is 16.0. The summed E-state index contributed by atoms with van der Waals surface area (Å²) in [5, 5.41) is 5.09. The first-order valence-corrected chi connectivity index (χ1v) is 9.54. The highest BCUT2D eigenvalue weighted by Crippen LogP contribution is 2.27. The van der Waals surface area contributed by atoms with Crippen LogP contribution in [0.1, 0.15) is 33.6 Å². The average molecular weight is 388 g/mol. The SMILES string of the molecule is Cc1ccc(OCc2nc(C3CN(C(=O)c4ccc5[nH]ccc5c4)C3)no2)cc1. The predicted molar refractivity (Wildman–Crippen MR) is 107 cm³/mol. The molecule has 0 aliphatic carbocycles. The van der Waals surface area contributed by atoms with Gasteiger partial charge < -0.3 is 19.1 Å². The number of rotatable bonds is 5. The Hall–Kier alpha value is -3.61. The van der Waals surface area contributed by atoms with Gasteiger partial charge in [-0.3, -0.25) is 4.79 Å². The summed E-state index contributed by atoms with van der Waals surface area (Å²) in [7, 11) is 0. The van der Waals surface area contributed by atoms with Gasteiger partial charge in [0.25, 0.3) is 11.8 Å². The van der Waals surface area contributed by atoms with Crippen LogP contribution in [-0.2, 0) is 6.61 Å². The number of benzene rings is 2. The molecule has 0 unspecified atom stereocenters. The lowest BCUT2D eigenvalue weighted by Gasteiger charge is -2.37. The average Bonchev–Trinajstić information content (AvgIpc) is 3.35. The summed E-state index contributed by atoms with van der Waals surface area (Å²) in [5.74, 6) is 1.93. The summed E-state index contributed by atoms with van der Waals surface area (Å²) in [6.45, 7) is 3.42. The molecule has 0 saturated carbocycles. The molecule has 0 radical (unpaired) electrons. The van der Waals surface area contributed by atoms with Gasteiger partial charge in [0.15, 0.2) is 12.4 Å². The summed E-state index contributed by atoms with van der Waals surface area (Å²) in [6.07, 6.45) is 1.87. The molecule has 2 aromatic carbocycles. The molecule has 1 saturated heterocycles. The third-order valence-electron chi connectivity index (χ3n) is 5.20. The summed E-state index contributed by atoms with van der Waals surface area (Å²) in [6, 6.07) is 15.5.